The molecule has 9 nitrogen and oxygen atoms in total. The average Bonchev–Trinajstić information content (AvgIpc) is 2.65. The fourth-order valence-electron chi connectivity index (χ4n) is 2.87. The zero-order chi connectivity index (χ0) is 19.6. The zero-order valence-electron chi connectivity index (χ0n) is 14.5. The number of H-pyrrole nitrogens is 2. The van der Waals surface area contributed by atoms with Gasteiger partial charge in [-0.05, 0) is 31.2 Å². The van der Waals surface area contributed by atoms with Crippen LogP contribution in [0.4, 0.5) is 4.39 Å². The molecule has 27 heavy (non-hydrogen) atoms. The van der Waals surface area contributed by atoms with Crippen molar-refractivity contribution in [3.8, 4) is 0 Å². The van der Waals surface area contributed by atoms with Crippen LogP contribution in [0.25, 0.3) is 0 Å². The minimum Gasteiger partial charge on any atom is -0.311 e. The monoisotopic (exact) mass is 375 g/mol. The van der Waals surface area contributed by atoms with Crippen molar-refractivity contribution in [2.24, 2.45) is 0 Å². The lowest BCUT2D eigenvalue weighted by Crippen LogP contribution is -2.53. The number of carbonyl (C=O) groups excluding carboxylic acids is 2. The van der Waals surface area contributed by atoms with E-state index in [0.29, 0.717) is 24.2 Å². The lowest BCUT2D eigenvalue weighted by atomic mass is 10.1. The molecule has 142 valence electrons. The molecule has 0 fully saturated rings. The Hall–Kier alpha value is -3.27. The third kappa shape index (κ3) is 4.11. The number of halogens is 1. The predicted octanol–water partition coefficient (Wildman–Crippen LogP) is -0.590. The molecule has 0 bridgehead atoms. The molecule has 0 aliphatic carbocycles. The van der Waals surface area contributed by atoms with E-state index in [4.69, 9.17) is 0 Å². The highest BCUT2D eigenvalue weighted by Crippen LogP contribution is 2.14. The van der Waals surface area contributed by atoms with Crippen LogP contribution in [0.3, 0.4) is 0 Å². The maximum Gasteiger partial charge on any atom is 0.325 e. The number of aromatic nitrogens is 2. The molecule has 0 saturated carbocycles. The third-order valence-electron chi connectivity index (χ3n) is 4.47. The Morgan fingerprint density at radius 3 is 2.56 bits per heavy atom. The molecule has 1 unspecified atom stereocenters. The summed E-state index contributed by atoms with van der Waals surface area (Å²) in [5.41, 5.74) is 4.75. The number of benzene rings is 1. The fraction of sp³-hybridized carbons (Fsp3) is 0.294. The van der Waals surface area contributed by atoms with Crippen molar-refractivity contribution in [1.29, 1.82) is 0 Å². The van der Waals surface area contributed by atoms with Crippen LogP contribution in [0.2, 0.25) is 0 Å². The molecule has 1 atom stereocenters. The maximum atomic E-state index is 12.9. The van der Waals surface area contributed by atoms with Gasteiger partial charge in [-0.15, -0.1) is 0 Å². The summed E-state index contributed by atoms with van der Waals surface area (Å²) in [5, 5.41) is 0. The van der Waals surface area contributed by atoms with Gasteiger partial charge in [0.15, 0.2) is 0 Å². The molecule has 4 N–H and O–H groups in total. The SMILES string of the molecule is CC(C(=O)NNC(=O)c1ccc(F)cc1)N1CCc2[nH]c(=O)[nH]c(=O)c2C1. The number of hydrogen-bond acceptors (Lipinski definition) is 5. The number of nitrogens with one attached hydrogen (secondary N) is 4. The molecule has 0 saturated heterocycles. The smallest absolute Gasteiger partial charge is 0.311 e. The molecule has 2 heterocycles. The number of amides is 2. The van der Waals surface area contributed by atoms with Crippen LogP contribution in [0.15, 0.2) is 33.9 Å². The van der Waals surface area contributed by atoms with Gasteiger partial charge in [-0.2, -0.15) is 0 Å². The lowest BCUT2D eigenvalue weighted by Gasteiger charge is -2.31. The molecule has 10 heteroatoms. The highest BCUT2D eigenvalue weighted by Gasteiger charge is 2.27. The van der Waals surface area contributed by atoms with E-state index in [0.717, 1.165) is 12.1 Å². The van der Waals surface area contributed by atoms with Gasteiger partial charge in [0.25, 0.3) is 17.4 Å². The van der Waals surface area contributed by atoms with Crippen molar-refractivity contribution in [2.75, 3.05) is 6.54 Å². The highest BCUT2D eigenvalue weighted by molar-refractivity contribution is 5.95. The normalized spacial score (nSPS) is 14.9. The molecular weight excluding hydrogens is 357 g/mol. The number of fused-ring (bicyclic) bond motifs is 1. The van der Waals surface area contributed by atoms with Gasteiger partial charge < -0.3 is 4.98 Å². The number of hydrazine groups is 1. The Morgan fingerprint density at radius 1 is 1.15 bits per heavy atom. The van der Waals surface area contributed by atoms with Gasteiger partial charge in [0.05, 0.1) is 11.6 Å². The van der Waals surface area contributed by atoms with Crippen molar-refractivity contribution in [3.05, 3.63) is 67.7 Å². The molecular formula is C17H18FN5O4. The first-order chi connectivity index (χ1) is 12.8. The van der Waals surface area contributed by atoms with Crippen molar-refractivity contribution in [3.63, 3.8) is 0 Å². The van der Waals surface area contributed by atoms with Gasteiger partial charge in [0.1, 0.15) is 5.82 Å². The first kappa shape index (κ1) is 18.5. The number of aromatic amines is 2. The van der Waals surface area contributed by atoms with Crippen LogP contribution >= 0.6 is 0 Å². The first-order valence-electron chi connectivity index (χ1n) is 8.29. The van der Waals surface area contributed by atoms with Crippen LogP contribution in [-0.2, 0) is 17.8 Å². The summed E-state index contributed by atoms with van der Waals surface area (Å²) >= 11 is 0. The zero-order valence-corrected chi connectivity index (χ0v) is 14.5. The summed E-state index contributed by atoms with van der Waals surface area (Å²) in [4.78, 5) is 54.1. The Labute approximate surface area is 152 Å². The molecule has 1 aromatic carbocycles. The molecule has 1 aliphatic heterocycles. The molecule has 0 radical (unpaired) electrons. The van der Waals surface area contributed by atoms with Gasteiger partial charge >= 0.3 is 5.69 Å². The van der Waals surface area contributed by atoms with E-state index in [2.05, 4.69) is 20.8 Å². The van der Waals surface area contributed by atoms with Gasteiger partial charge in [-0.3, -0.25) is 35.1 Å². The van der Waals surface area contributed by atoms with Crippen molar-refractivity contribution < 1.29 is 14.0 Å². The van der Waals surface area contributed by atoms with Crippen molar-refractivity contribution in [1.82, 2.24) is 25.7 Å². The van der Waals surface area contributed by atoms with Crippen LogP contribution < -0.4 is 22.1 Å². The summed E-state index contributed by atoms with van der Waals surface area (Å²) < 4.78 is 12.9. The molecule has 2 aromatic rings. The van der Waals surface area contributed by atoms with E-state index in [1.54, 1.807) is 11.8 Å². The van der Waals surface area contributed by atoms with Crippen molar-refractivity contribution in [2.45, 2.75) is 25.9 Å². The van der Waals surface area contributed by atoms with Crippen molar-refractivity contribution >= 4 is 11.8 Å². The quantitative estimate of drug-likeness (QED) is 0.534. The second-order valence-electron chi connectivity index (χ2n) is 6.21. The minimum absolute atomic E-state index is 0.196. The lowest BCUT2D eigenvalue weighted by molar-refractivity contribution is -0.127. The second-order valence-corrected chi connectivity index (χ2v) is 6.21. The van der Waals surface area contributed by atoms with E-state index in [1.807, 2.05) is 0 Å². The average molecular weight is 375 g/mol. The number of nitrogens with zero attached hydrogens (tertiary/aromatic N) is 1. The van der Waals surface area contributed by atoms with Gasteiger partial charge in [0.2, 0.25) is 0 Å². The van der Waals surface area contributed by atoms with E-state index in [-0.39, 0.29) is 12.1 Å². The van der Waals surface area contributed by atoms with Crippen LogP contribution in [0, 0.1) is 5.82 Å². The largest absolute Gasteiger partial charge is 0.325 e. The van der Waals surface area contributed by atoms with Crippen LogP contribution in [0.5, 0.6) is 0 Å². The summed E-state index contributed by atoms with van der Waals surface area (Å²) in [7, 11) is 0. The third-order valence-corrected chi connectivity index (χ3v) is 4.47. The topological polar surface area (TPSA) is 127 Å². The van der Waals surface area contributed by atoms with E-state index < -0.39 is 34.9 Å². The van der Waals surface area contributed by atoms with Crippen LogP contribution in [-0.4, -0.2) is 39.3 Å². The Kier molecular flexibility index (Phi) is 5.17. The molecule has 2 amide bonds. The first-order valence-corrected chi connectivity index (χ1v) is 8.29. The summed E-state index contributed by atoms with van der Waals surface area (Å²) in [6.07, 6.45) is 0.425. The van der Waals surface area contributed by atoms with Gasteiger partial charge in [-0.1, -0.05) is 0 Å². The minimum atomic E-state index is -0.627. The van der Waals surface area contributed by atoms with E-state index >= 15 is 0 Å². The van der Waals surface area contributed by atoms with E-state index in [1.165, 1.54) is 12.1 Å². The second kappa shape index (κ2) is 7.54. The van der Waals surface area contributed by atoms with Gasteiger partial charge in [-0.25, -0.2) is 9.18 Å². The maximum absolute atomic E-state index is 12.9. The van der Waals surface area contributed by atoms with Crippen LogP contribution in [0.1, 0.15) is 28.5 Å². The van der Waals surface area contributed by atoms with Gasteiger partial charge in [0, 0.05) is 30.8 Å². The number of carbonyl (C=O) groups is 2. The predicted molar refractivity (Wildman–Crippen MR) is 93.3 cm³/mol. The molecule has 3 rings (SSSR count). The standard InChI is InChI=1S/C17H18FN5O4/c1-9(14(24)21-22-15(25)10-2-4-11(18)5-3-10)23-7-6-13-12(8-23)16(26)20-17(27)19-13/h2-5,9H,6-8H2,1H3,(H,21,24)(H,22,25)(H2,19,20,26,27). The summed E-state index contributed by atoms with van der Waals surface area (Å²) in [6.45, 7) is 2.30. The fourth-order valence-corrected chi connectivity index (χ4v) is 2.87. The summed E-state index contributed by atoms with van der Waals surface area (Å²) in [6, 6.07) is 4.26. The number of rotatable bonds is 3. The Bertz CT molecular complexity index is 982. The summed E-state index contributed by atoms with van der Waals surface area (Å²) in [5.74, 6) is -1.51. The Morgan fingerprint density at radius 2 is 1.85 bits per heavy atom. The molecule has 1 aromatic heterocycles. The highest BCUT2D eigenvalue weighted by atomic mass is 19.1. The number of hydrogen-bond donors (Lipinski definition) is 4. The molecule has 1 aliphatic rings. The van der Waals surface area contributed by atoms with E-state index in [9.17, 15) is 23.6 Å². The Balaban J connectivity index is 1.60. The molecule has 0 spiro atoms.